The van der Waals surface area contributed by atoms with Crippen LogP contribution in [0.2, 0.25) is 0 Å². The average molecular weight is 270 g/mol. The Kier molecular flexibility index (Phi) is 3.03. The summed E-state index contributed by atoms with van der Waals surface area (Å²) in [5, 5.41) is 13.3. The van der Waals surface area contributed by atoms with E-state index in [0.29, 0.717) is 11.7 Å². The molecule has 1 aliphatic heterocycles. The van der Waals surface area contributed by atoms with Crippen LogP contribution in [0.5, 0.6) is 5.75 Å². The van der Waals surface area contributed by atoms with E-state index in [2.05, 4.69) is 21.2 Å². The lowest BCUT2D eigenvalue weighted by Gasteiger charge is -2.17. The van der Waals surface area contributed by atoms with E-state index < -0.39 is 0 Å². The van der Waals surface area contributed by atoms with E-state index in [1.807, 2.05) is 19.9 Å². The Bertz CT molecular complexity index is 384. The van der Waals surface area contributed by atoms with Crippen molar-refractivity contribution in [3.8, 4) is 5.75 Å². The Hall–Kier alpha value is -0.540. The fourth-order valence-electron chi connectivity index (χ4n) is 2.34. The van der Waals surface area contributed by atoms with Crippen molar-refractivity contribution in [1.29, 1.82) is 0 Å². The van der Waals surface area contributed by atoms with Crippen LogP contribution in [-0.4, -0.2) is 18.2 Å². The van der Waals surface area contributed by atoms with Crippen molar-refractivity contribution in [1.82, 2.24) is 5.32 Å². The molecule has 0 aromatic heterocycles. The summed E-state index contributed by atoms with van der Waals surface area (Å²) in [5.74, 6) is 0.978. The molecular weight excluding hydrogens is 254 g/mol. The van der Waals surface area contributed by atoms with Gasteiger partial charge in [-0.3, -0.25) is 0 Å². The molecule has 0 saturated carbocycles. The van der Waals surface area contributed by atoms with Crippen LogP contribution in [0, 0.1) is 13.8 Å². The zero-order valence-electron chi connectivity index (χ0n) is 9.10. The molecule has 1 unspecified atom stereocenters. The van der Waals surface area contributed by atoms with Crippen LogP contribution in [0.25, 0.3) is 0 Å². The lowest BCUT2D eigenvalue weighted by molar-refractivity contribution is 0.464. The summed E-state index contributed by atoms with van der Waals surface area (Å²) in [7, 11) is 0. The topological polar surface area (TPSA) is 32.3 Å². The first-order valence-electron chi connectivity index (χ1n) is 5.30. The van der Waals surface area contributed by atoms with Crippen LogP contribution >= 0.6 is 15.9 Å². The molecule has 1 atom stereocenters. The number of aromatic hydroxyl groups is 1. The summed E-state index contributed by atoms with van der Waals surface area (Å²) in [6.45, 7) is 6.03. The van der Waals surface area contributed by atoms with Gasteiger partial charge in [-0.1, -0.05) is 15.9 Å². The van der Waals surface area contributed by atoms with Crippen molar-refractivity contribution in [2.24, 2.45) is 0 Å². The number of phenolic OH excluding ortho intramolecular Hbond substituents is 1. The predicted octanol–water partition coefficient (Wildman–Crippen LogP) is 2.85. The van der Waals surface area contributed by atoms with Gasteiger partial charge >= 0.3 is 0 Å². The first-order valence-corrected chi connectivity index (χ1v) is 6.10. The number of aryl methyl sites for hydroxylation is 1. The minimum absolute atomic E-state index is 0.445. The number of hydrogen-bond donors (Lipinski definition) is 2. The maximum Gasteiger partial charge on any atom is 0.121 e. The first-order chi connectivity index (χ1) is 7.11. The second kappa shape index (κ2) is 4.14. The summed E-state index contributed by atoms with van der Waals surface area (Å²) in [6, 6.07) is 2.01. The van der Waals surface area contributed by atoms with E-state index in [1.165, 1.54) is 5.56 Å². The highest BCUT2D eigenvalue weighted by atomic mass is 79.9. The fourth-order valence-corrected chi connectivity index (χ4v) is 3.31. The smallest absolute Gasteiger partial charge is 0.121 e. The highest BCUT2D eigenvalue weighted by molar-refractivity contribution is 9.10. The Morgan fingerprint density at radius 2 is 2.20 bits per heavy atom. The summed E-state index contributed by atoms with van der Waals surface area (Å²) in [4.78, 5) is 0. The molecule has 2 N–H and O–H groups in total. The largest absolute Gasteiger partial charge is 0.507 e. The molecule has 3 heteroatoms. The molecule has 0 spiro atoms. The van der Waals surface area contributed by atoms with Crippen LogP contribution in [-0.2, 0) is 0 Å². The van der Waals surface area contributed by atoms with E-state index in [0.717, 1.165) is 35.1 Å². The van der Waals surface area contributed by atoms with E-state index in [4.69, 9.17) is 0 Å². The molecule has 1 heterocycles. The monoisotopic (exact) mass is 269 g/mol. The van der Waals surface area contributed by atoms with E-state index in [1.54, 1.807) is 0 Å². The zero-order valence-corrected chi connectivity index (χ0v) is 10.7. The zero-order chi connectivity index (χ0) is 11.0. The molecule has 82 valence electrons. The van der Waals surface area contributed by atoms with Gasteiger partial charge in [-0.2, -0.15) is 0 Å². The molecule has 2 rings (SSSR count). The SMILES string of the molecule is Cc1cc(Br)c(C2CCNC2)c(C)c1O. The Morgan fingerprint density at radius 1 is 1.47 bits per heavy atom. The fraction of sp³-hybridized carbons (Fsp3) is 0.500. The van der Waals surface area contributed by atoms with Gasteiger partial charge < -0.3 is 10.4 Å². The molecular formula is C12H16BrNO. The molecule has 2 nitrogen and oxygen atoms in total. The van der Waals surface area contributed by atoms with Crippen LogP contribution in [0.15, 0.2) is 10.5 Å². The second-order valence-corrected chi connectivity index (χ2v) is 5.11. The van der Waals surface area contributed by atoms with Gasteiger partial charge in [0, 0.05) is 11.0 Å². The van der Waals surface area contributed by atoms with E-state index in [9.17, 15) is 5.11 Å². The van der Waals surface area contributed by atoms with Gasteiger partial charge in [0.2, 0.25) is 0 Å². The van der Waals surface area contributed by atoms with Crippen molar-refractivity contribution in [3.63, 3.8) is 0 Å². The average Bonchev–Trinajstić information content (AvgIpc) is 2.68. The summed E-state index contributed by atoms with van der Waals surface area (Å²) in [6.07, 6.45) is 1.15. The number of nitrogens with one attached hydrogen (secondary N) is 1. The lowest BCUT2D eigenvalue weighted by Crippen LogP contribution is -2.09. The van der Waals surface area contributed by atoms with Crippen molar-refractivity contribution in [2.75, 3.05) is 13.1 Å². The maximum atomic E-state index is 9.93. The lowest BCUT2D eigenvalue weighted by atomic mass is 9.92. The molecule has 1 aliphatic rings. The third-order valence-electron chi connectivity index (χ3n) is 3.20. The summed E-state index contributed by atoms with van der Waals surface area (Å²) < 4.78 is 1.13. The Morgan fingerprint density at radius 3 is 2.80 bits per heavy atom. The van der Waals surface area contributed by atoms with Crippen LogP contribution in [0.3, 0.4) is 0 Å². The molecule has 1 aromatic rings. The van der Waals surface area contributed by atoms with Crippen molar-refractivity contribution < 1.29 is 5.11 Å². The number of rotatable bonds is 1. The van der Waals surface area contributed by atoms with Gasteiger partial charge in [0.25, 0.3) is 0 Å². The first kappa shape index (κ1) is 11.0. The number of halogens is 1. The number of benzene rings is 1. The third kappa shape index (κ3) is 1.91. The van der Waals surface area contributed by atoms with Crippen molar-refractivity contribution >= 4 is 15.9 Å². The maximum absolute atomic E-state index is 9.93. The molecule has 1 fully saturated rings. The van der Waals surface area contributed by atoms with Crippen molar-refractivity contribution in [3.05, 3.63) is 27.2 Å². The molecule has 15 heavy (non-hydrogen) atoms. The molecule has 0 amide bonds. The molecule has 0 aliphatic carbocycles. The predicted molar refractivity (Wildman–Crippen MR) is 65.5 cm³/mol. The van der Waals surface area contributed by atoms with Gasteiger partial charge in [-0.15, -0.1) is 0 Å². The Labute approximate surface area is 98.8 Å². The highest BCUT2D eigenvalue weighted by Gasteiger charge is 2.22. The number of phenols is 1. The molecule has 1 aromatic carbocycles. The highest BCUT2D eigenvalue weighted by Crippen LogP contribution is 2.37. The molecule has 0 radical (unpaired) electrons. The minimum Gasteiger partial charge on any atom is -0.507 e. The summed E-state index contributed by atoms with van der Waals surface area (Å²) >= 11 is 3.60. The minimum atomic E-state index is 0.445. The van der Waals surface area contributed by atoms with Crippen LogP contribution in [0.4, 0.5) is 0 Å². The quantitative estimate of drug-likeness (QED) is 0.822. The standard InChI is InChI=1S/C12H16BrNO/c1-7-5-10(13)11(8(2)12(7)15)9-3-4-14-6-9/h5,9,14-15H,3-4,6H2,1-2H3. The van der Waals surface area contributed by atoms with Crippen LogP contribution < -0.4 is 5.32 Å². The second-order valence-electron chi connectivity index (χ2n) is 4.25. The van der Waals surface area contributed by atoms with Gasteiger partial charge in [-0.05, 0) is 55.5 Å². The van der Waals surface area contributed by atoms with Gasteiger partial charge in [0.15, 0.2) is 0 Å². The third-order valence-corrected chi connectivity index (χ3v) is 3.86. The van der Waals surface area contributed by atoms with Crippen LogP contribution in [0.1, 0.15) is 29.0 Å². The Balaban J connectivity index is 2.50. The van der Waals surface area contributed by atoms with E-state index >= 15 is 0 Å². The normalized spacial score (nSPS) is 20.9. The molecule has 1 saturated heterocycles. The molecule has 0 bridgehead atoms. The van der Waals surface area contributed by atoms with Crippen molar-refractivity contribution in [2.45, 2.75) is 26.2 Å². The van der Waals surface area contributed by atoms with Gasteiger partial charge in [0.1, 0.15) is 5.75 Å². The number of hydrogen-bond acceptors (Lipinski definition) is 2. The van der Waals surface area contributed by atoms with Gasteiger partial charge in [-0.25, -0.2) is 0 Å². The van der Waals surface area contributed by atoms with E-state index in [-0.39, 0.29) is 0 Å². The summed E-state index contributed by atoms with van der Waals surface area (Å²) in [5.41, 5.74) is 3.23. The van der Waals surface area contributed by atoms with Gasteiger partial charge in [0.05, 0.1) is 0 Å².